The minimum atomic E-state index is 0. The summed E-state index contributed by atoms with van der Waals surface area (Å²) in [5, 5.41) is 0. The Hall–Kier alpha value is -1.41. The van der Waals surface area contributed by atoms with Crippen molar-refractivity contribution in [1.29, 1.82) is 0 Å². The number of rotatable bonds is 1. The predicted octanol–water partition coefficient (Wildman–Crippen LogP) is 2.93. The first-order valence-electron chi connectivity index (χ1n) is 4.71. The van der Waals surface area contributed by atoms with Crippen LogP contribution in [0.3, 0.4) is 0 Å². The van der Waals surface area contributed by atoms with Crippen LogP contribution in [0.4, 0.5) is 0 Å². The summed E-state index contributed by atoms with van der Waals surface area (Å²) in [4.78, 5) is 0.814. The maximum atomic E-state index is 7.50. The van der Waals surface area contributed by atoms with E-state index in [0.717, 1.165) is 10.6 Å². The summed E-state index contributed by atoms with van der Waals surface area (Å²) in [6, 6.07) is 17.4. The van der Waals surface area contributed by atoms with Crippen molar-refractivity contribution in [2.24, 2.45) is 0 Å². The molecule has 0 aliphatic carbocycles. The quantitative estimate of drug-likeness (QED) is 0.351. The van der Waals surface area contributed by atoms with Crippen LogP contribution < -0.4 is 4.74 Å². The maximum absolute atomic E-state index is 7.50. The molecule has 0 N–H and O–H groups in total. The largest absolute Gasteiger partial charge is 2.00 e. The van der Waals surface area contributed by atoms with Crippen LogP contribution in [0.25, 0.3) is 0 Å². The number of hydrogen-bond acceptors (Lipinski definition) is 2. The molecule has 0 unspecified atom stereocenters. The van der Waals surface area contributed by atoms with Gasteiger partial charge < -0.3 is 17.4 Å². The molecule has 2 aromatic rings. The average molecular weight is 316 g/mol. The van der Waals surface area contributed by atoms with Crippen LogP contribution in [-0.4, -0.2) is 7.11 Å². The normalized spacial score (nSPS) is 6.58. The molecular formula is C14H12FeO3S. The van der Waals surface area contributed by atoms with E-state index < -0.39 is 0 Å². The summed E-state index contributed by atoms with van der Waals surface area (Å²) in [7, 11) is 1.63. The second-order valence-electron chi connectivity index (χ2n) is 2.64. The van der Waals surface area contributed by atoms with Crippen LogP contribution in [-0.2, 0) is 39.0 Å². The number of methoxy groups -OCH3 is 1. The summed E-state index contributed by atoms with van der Waals surface area (Å²) >= 11 is 4.89. The van der Waals surface area contributed by atoms with Gasteiger partial charge in [-0.25, -0.2) is 12.1 Å². The van der Waals surface area contributed by atoms with E-state index in [0.29, 0.717) is 0 Å². The van der Waals surface area contributed by atoms with Crippen LogP contribution in [0.5, 0.6) is 5.75 Å². The van der Waals surface area contributed by atoms with Gasteiger partial charge in [0.25, 0.3) is 0 Å². The Bertz CT molecular complexity index is 401. The molecule has 0 aliphatic rings. The SMILES string of the molecule is COc1cccc([S-])c1.[C-]#[O+].[C-]#[O+].[Fe+2].c1cc[cH-]c1. The van der Waals surface area contributed by atoms with Gasteiger partial charge in [-0.3, -0.25) is 0 Å². The van der Waals surface area contributed by atoms with E-state index in [1.165, 1.54) is 0 Å². The van der Waals surface area contributed by atoms with Crippen molar-refractivity contribution in [3.63, 3.8) is 0 Å². The van der Waals surface area contributed by atoms with Crippen LogP contribution in [0.2, 0.25) is 0 Å². The molecule has 0 heterocycles. The van der Waals surface area contributed by atoms with Crippen LogP contribution in [0.1, 0.15) is 0 Å². The molecule has 0 saturated carbocycles. The fourth-order valence-electron chi connectivity index (χ4n) is 0.922. The third-order valence-corrected chi connectivity index (χ3v) is 1.85. The standard InChI is InChI=1S/C7H8OS.C5H5.2CO.Fe/c1-8-6-3-2-4-7(9)5-6;1-2-4-5-3-1;2*1-2;/h2-5,9H,1H3;1-5H;;;/q;-1;;;+2/p-1. The van der Waals surface area contributed by atoms with Gasteiger partial charge in [0.15, 0.2) is 0 Å². The minimum absolute atomic E-state index is 0. The molecule has 2 aromatic carbocycles. The van der Waals surface area contributed by atoms with Gasteiger partial charge >= 0.3 is 39.7 Å². The maximum Gasteiger partial charge on any atom is 2.00 e. The molecule has 0 saturated heterocycles. The van der Waals surface area contributed by atoms with Gasteiger partial charge in [0, 0.05) is 0 Å². The summed E-state index contributed by atoms with van der Waals surface area (Å²) in [6.45, 7) is 9.00. The minimum Gasteiger partial charge on any atom is -0.214 e. The van der Waals surface area contributed by atoms with Crippen molar-refractivity contribution >= 4 is 12.6 Å². The number of ether oxygens (including phenoxy) is 1. The third kappa shape index (κ3) is 14.5. The molecule has 100 valence electrons. The monoisotopic (exact) mass is 316 g/mol. The summed E-state index contributed by atoms with van der Waals surface area (Å²) in [6.07, 6.45) is 0. The zero-order chi connectivity index (χ0) is 14.2. The summed E-state index contributed by atoms with van der Waals surface area (Å²) < 4.78 is 19.9. The van der Waals surface area contributed by atoms with Crippen molar-refractivity contribution < 1.29 is 31.1 Å². The van der Waals surface area contributed by atoms with Crippen molar-refractivity contribution in [2.75, 3.05) is 7.11 Å². The van der Waals surface area contributed by atoms with Crippen molar-refractivity contribution in [3.8, 4) is 5.75 Å². The Morgan fingerprint density at radius 1 is 1.05 bits per heavy atom. The number of benzene rings is 1. The molecule has 0 fully saturated rings. The number of hydrogen-bond donors (Lipinski definition) is 0. The molecule has 5 heteroatoms. The molecule has 19 heavy (non-hydrogen) atoms. The Balaban J connectivity index is -0.000000220. The predicted molar refractivity (Wildman–Crippen MR) is 68.5 cm³/mol. The van der Waals surface area contributed by atoms with Gasteiger partial charge in [-0.1, -0.05) is 12.1 Å². The fraction of sp³-hybridized carbons (Fsp3) is 0.0714. The zero-order valence-corrected chi connectivity index (χ0v) is 12.1. The van der Waals surface area contributed by atoms with E-state index >= 15 is 0 Å². The van der Waals surface area contributed by atoms with E-state index in [4.69, 9.17) is 26.7 Å². The van der Waals surface area contributed by atoms with Gasteiger partial charge in [-0.15, -0.1) is 0 Å². The van der Waals surface area contributed by atoms with Crippen LogP contribution >= 0.6 is 0 Å². The van der Waals surface area contributed by atoms with Crippen LogP contribution in [0, 0.1) is 13.3 Å². The van der Waals surface area contributed by atoms with E-state index in [1.807, 2.05) is 54.6 Å². The molecule has 0 amide bonds. The van der Waals surface area contributed by atoms with Crippen LogP contribution in [0.15, 0.2) is 59.5 Å². The van der Waals surface area contributed by atoms with Gasteiger partial charge in [0.05, 0.1) is 7.11 Å². The summed E-state index contributed by atoms with van der Waals surface area (Å²) in [5.74, 6) is 0.822. The topological polar surface area (TPSA) is 49.0 Å². The van der Waals surface area contributed by atoms with Gasteiger partial charge in [-0.2, -0.15) is 23.1 Å². The Morgan fingerprint density at radius 3 is 1.84 bits per heavy atom. The van der Waals surface area contributed by atoms with E-state index in [-0.39, 0.29) is 17.1 Å². The Kier molecular flexibility index (Phi) is 22.7. The summed E-state index contributed by atoms with van der Waals surface area (Å²) in [5.41, 5.74) is 0. The first-order chi connectivity index (χ1) is 8.83. The Morgan fingerprint density at radius 2 is 1.58 bits per heavy atom. The molecule has 0 aliphatic heterocycles. The van der Waals surface area contributed by atoms with E-state index in [1.54, 1.807) is 7.11 Å². The molecule has 0 aromatic heterocycles. The van der Waals surface area contributed by atoms with Gasteiger partial charge in [0.2, 0.25) is 0 Å². The average Bonchev–Trinajstić information content (AvgIpc) is 3.02. The second-order valence-corrected chi connectivity index (χ2v) is 3.11. The molecule has 0 atom stereocenters. The molecule has 2 rings (SSSR count). The fourth-order valence-corrected chi connectivity index (χ4v) is 1.12. The second kappa shape index (κ2) is 18.9. The molecule has 0 spiro atoms. The Labute approximate surface area is 129 Å². The molecule has 0 radical (unpaired) electrons. The smallest absolute Gasteiger partial charge is 0.214 e. The van der Waals surface area contributed by atoms with E-state index in [9.17, 15) is 0 Å². The zero-order valence-electron chi connectivity index (χ0n) is 10.2. The first kappa shape index (κ1) is 22.7. The van der Waals surface area contributed by atoms with Gasteiger partial charge in [-0.05, 0) is 12.1 Å². The molecular weight excluding hydrogens is 304 g/mol. The van der Waals surface area contributed by atoms with Crippen molar-refractivity contribution in [1.82, 2.24) is 0 Å². The molecule has 3 nitrogen and oxygen atoms in total. The van der Waals surface area contributed by atoms with Crippen molar-refractivity contribution in [3.05, 3.63) is 67.9 Å². The van der Waals surface area contributed by atoms with Gasteiger partial charge in [0.1, 0.15) is 5.75 Å². The third-order valence-electron chi connectivity index (χ3n) is 1.60. The van der Waals surface area contributed by atoms with E-state index in [2.05, 4.69) is 13.3 Å². The van der Waals surface area contributed by atoms with Crippen molar-refractivity contribution in [2.45, 2.75) is 4.90 Å². The molecule has 0 bridgehead atoms. The first-order valence-corrected chi connectivity index (χ1v) is 5.12.